The third-order valence-electron chi connectivity index (χ3n) is 2.17. The molecule has 0 aliphatic rings. The van der Waals surface area contributed by atoms with E-state index in [1.807, 2.05) is 0 Å². The van der Waals surface area contributed by atoms with E-state index in [1.165, 1.54) is 24.3 Å². The molecule has 0 amide bonds. The molecule has 0 radical (unpaired) electrons. The second-order valence-electron chi connectivity index (χ2n) is 3.25. The van der Waals surface area contributed by atoms with Gasteiger partial charge < -0.3 is 9.52 Å². The zero-order chi connectivity index (χ0) is 12.4. The number of carboxylic acid groups (broad SMARTS) is 1. The molecular weight excluding hydrogens is 225 g/mol. The topological polar surface area (TPSA) is 54.8 Å². The van der Waals surface area contributed by atoms with E-state index < -0.39 is 11.8 Å². The molecule has 1 aromatic heterocycles. The predicted octanol–water partition coefficient (Wildman–Crippen LogP) is 3.33. The minimum Gasteiger partial charge on any atom is -0.475 e. The second kappa shape index (κ2) is 4.10. The molecule has 0 fully saturated rings. The molecule has 1 heterocycles. The SMILES string of the molecule is [C-]#[N+]c1cc(-c2ccc(C(=O)O)o2)ccc1F. The maximum atomic E-state index is 13.1. The van der Waals surface area contributed by atoms with Crippen LogP contribution >= 0.6 is 0 Å². The number of furan rings is 1. The summed E-state index contributed by atoms with van der Waals surface area (Å²) in [5.74, 6) is -1.71. The summed E-state index contributed by atoms with van der Waals surface area (Å²) < 4.78 is 18.1. The van der Waals surface area contributed by atoms with Gasteiger partial charge in [0.2, 0.25) is 11.4 Å². The number of hydrogen-bond donors (Lipinski definition) is 1. The highest BCUT2D eigenvalue weighted by atomic mass is 19.1. The van der Waals surface area contributed by atoms with Gasteiger partial charge in [-0.1, -0.05) is 6.07 Å². The fourth-order valence-electron chi connectivity index (χ4n) is 1.36. The van der Waals surface area contributed by atoms with Crippen LogP contribution in [0.15, 0.2) is 34.7 Å². The molecule has 1 N–H and O–H groups in total. The summed E-state index contributed by atoms with van der Waals surface area (Å²) in [5, 5.41) is 8.69. The van der Waals surface area contributed by atoms with Gasteiger partial charge in [-0.2, -0.15) is 0 Å². The second-order valence-corrected chi connectivity index (χ2v) is 3.25. The molecule has 84 valence electrons. The van der Waals surface area contributed by atoms with E-state index in [2.05, 4.69) is 4.85 Å². The van der Waals surface area contributed by atoms with Crippen molar-refractivity contribution in [1.29, 1.82) is 0 Å². The van der Waals surface area contributed by atoms with E-state index in [9.17, 15) is 9.18 Å². The Morgan fingerprint density at radius 1 is 1.35 bits per heavy atom. The van der Waals surface area contributed by atoms with E-state index in [4.69, 9.17) is 16.1 Å². The minimum absolute atomic E-state index is 0.129. The Balaban J connectivity index is 2.46. The first-order chi connectivity index (χ1) is 8.11. The third kappa shape index (κ3) is 2.01. The van der Waals surface area contributed by atoms with Gasteiger partial charge in [-0.05, 0) is 24.3 Å². The number of aromatic carboxylic acids is 1. The molecule has 2 aromatic rings. The molecule has 0 aliphatic carbocycles. The molecule has 2 rings (SSSR count). The molecule has 0 atom stereocenters. The monoisotopic (exact) mass is 231 g/mol. The van der Waals surface area contributed by atoms with Gasteiger partial charge in [-0.3, -0.25) is 0 Å². The van der Waals surface area contributed by atoms with Crippen molar-refractivity contribution in [1.82, 2.24) is 0 Å². The number of rotatable bonds is 2. The van der Waals surface area contributed by atoms with Crippen molar-refractivity contribution < 1.29 is 18.7 Å². The normalized spacial score (nSPS) is 9.88. The van der Waals surface area contributed by atoms with Crippen LogP contribution in [-0.2, 0) is 0 Å². The zero-order valence-electron chi connectivity index (χ0n) is 8.48. The Labute approximate surface area is 95.7 Å². The minimum atomic E-state index is -1.18. The van der Waals surface area contributed by atoms with Crippen molar-refractivity contribution in [3.05, 3.63) is 53.3 Å². The summed E-state index contributed by atoms with van der Waals surface area (Å²) in [6.07, 6.45) is 0. The maximum Gasteiger partial charge on any atom is 0.371 e. The van der Waals surface area contributed by atoms with Crippen LogP contribution in [0.3, 0.4) is 0 Å². The van der Waals surface area contributed by atoms with Crippen LogP contribution in [0.2, 0.25) is 0 Å². The lowest BCUT2D eigenvalue weighted by atomic mass is 10.1. The molecule has 5 heteroatoms. The molecule has 0 aliphatic heterocycles. The van der Waals surface area contributed by atoms with Crippen molar-refractivity contribution in [2.24, 2.45) is 0 Å². The highest BCUT2D eigenvalue weighted by Crippen LogP contribution is 2.28. The Bertz CT molecular complexity index is 625. The van der Waals surface area contributed by atoms with Crippen molar-refractivity contribution in [2.75, 3.05) is 0 Å². The van der Waals surface area contributed by atoms with Gasteiger partial charge in [0, 0.05) is 5.56 Å². The van der Waals surface area contributed by atoms with Gasteiger partial charge in [0.05, 0.1) is 6.57 Å². The Kier molecular flexibility index (Phi) is 2.63. The quantitative estimate of drug-likeness (QED) is 0.806. The van der Waals surface area contributed by atoms with E-state index in [0.29, 0.717) is 5.56 Å². The van der Waals surface area contributed by atoms with Crippen molar-refractivity contribution >= 4 is 11.7 Å². The number of hydrogen-bond acceptors (Lipinski definition) is 2. The summed E-state index contributed by atoms with van der Waals surface area (Å²) in [7, 11) is 0. The summed E-state index contributed by atoms with van der Waals surface area (Å²) in [6.45, 7) is 6.78. The molecule has 17 heavy (non-hydrogen) atoms. The molecule has 0 unspecified atom stereocenters. The number of carbonyl (C=O) groups is 1. The average molecular weight is 231 g/mol. The van der Waals surface area contributed by atoms with E-state index in [1.54, 1.807) is 0 Å². The summed E-state index contributed by atoms with van der Waals surface area (Å²) in [5.41, 5.74) is 0.334. The van der Waals surface area contributed by atoms with E-state index >= 15 is 0 Å². The maximum absolute atomic E-state index is 13.1. The lowest BCUT2D eigenvalue weighted by molar-refractivity contribution is 0.0663. The van der Waals surface area contributed by atoms with Crippen LogP contribution in [0.1, 0.15) is 10.6 Å². The van der Waals surface area contributed by atoms with Gasteiger partial charge in [0.1, 0.15) is 11.6 Å². The zero-order valence-corrected chi connectivity index (χ0v) is 8.48. The molecule has 0 bridgehead atoms. The van der Waals surface area contributed by atoms with Crippen LogP contribution < -0.4 is 0 Å². The first-order valence-electron chi connectivity index (χ1n) is 4.62. The first-order valence-corrected chi connectivity index (χ1v) is 4.62. The van der Waals surface area contributed by atoms with Crippen molar-refractivity contribution in [2.45, 2.75) is 0 Å². The van der Waals surface area contributed by atoms with Gasteiger partial charge >= 0.3 is 5.97 Å². The Morgan fingerprint density at radius 2 is 2.12 bits per heavy atom. The van der Waals surface area contributed by atoms with E-state index in [0.717, 1.165) is 6.07 Å². The van der Waals surface area contributed by atoms with Crippen LogP contribution in [0.5, 0.6) is 0 Å². The molecular formula is C12H6FNO3. The summed E-state index contributed by atoms with van der Waals surface area (Å²) in [6, 6.07) is 6.65. The van der Waals surface area contributed by atoms with E-state index in [-0.39, 0.29) is 17.2 Å². The molecule has 0 saturated carbocycles. The molecule has 0 saturated heterocycles. The molecule has 4 nitrogen and oxygen atoms in total. The lowest BCUT2D eigenvalue weighted by Gasteiger charge is -1.98. The summed E-state index contributed by atoms with van der Waals surface area (Å²) >= 11 is 0. The largest absolute Gasteiger partial charge is 0.475 e. The Morgan fingerprint density at radius 3 is 2.71 bits per heavy atom. The molecule has 1 aromatic carbocycles. The van der Waals surface area contributed by atoms with Crippen LogP contribution in [0.4, 0.5) is 10.1 Å². The standard InChI is InChI=1S/C12H6FNO3/c1-14-9-6-7(2-3-8(9)13)10-4-5-11(17-10)12(15)16/h2-6H,(H,15,16). The van der Waals surface area contributed by atoms with Crippen molar-refractivity contribution in [3.8, 4) is 11.3 Å². The van der Waals surface area contributed by atoms with Crippen LogP contribution in [-0.4, -0.2) is 11.1 Å². The highest BCUT2D eigenvalue weighted by Gasteiger charge is 2.11. The average Bonchev–Trinajstić information content (AvgIpc) is 2.79. The number of carboxylic acids is 1. The number of nitrogens with zero attached hydrogens (tertiary/aromatic N) is 1. The van der Waals surface area contributed by atoms with Crippen molar-refractivity contribution in [3.63, 3.8) is 0 Å². The van der Waals surface area contributed by atoms with Gasteiger partial charge in [-0.25, -0.2) is 14.0 Å². The number of halogens is 1. The Hall–Kier alpha value is -2.61. The third-order valence-corrected chi connectivity index (χ3v) is 2.17. The van der Waals surface area contributed by atoms with Gasteiger partial charge in [0.25, 0.3) is 0 Å². The fraction of sp³-hybridized carbons (Fsp3) is 0. The highest BCUT2D eigenvalue weighted by molar-refractivity contribution is 5.85. The van der Waals surface area contributed by atoms with Crippen LogP contribution in [0.25, 0.3) is 16.2 Å². The predicted molar refractivity (Wildman–Crippen MR) is 57.3 cm³/mol. The van der Waals surface area contributed by atoms with Gasteiger partial charge in [0.15, 0.2) is 0 Å². The molecule has 0 spiro atoms. The van der Waals surface area contributed by atoms with Gasteiger partial charge in [-0.15, -0.1) is 0 Å². The first kappa shape index (κ1) is 10.9. The summed E-state index contributed by atoms with van der Waals surface area (Å²) in [4.78, 5) is 13.6. The fourth-order valence-corrected chi connectivity index (χ4v) is 1.36. The number of benzene rings is 1. The smallest absolute Gasteiger partial charge is 0.371 e. The lowest BCUT2D eigenvalue weighted by Crippen LogP contribution is -1.91. The van der Waals surface area contributed by atoms with Crippen LogP contribution in [0, 0.1) is 12.4 Å².